The van der Waals surface area contributed by atoms with E-state index in [0.29, 0.717) is 29.7 Å². The van der Waals surface area contributed by atoms with Crippen molar-refractivity contribution < 1.29 is 14.4 Å². The first-order chi connectivity index (χ1) is 15.0. The van der Waals surface area contributed by atoms with Crippen molar-refractivity contribution in [3.05, 3.63) is 92.9 Å². The van der Waals surface area contributed by atoms with Gasteiger partial charge in [-0.15, -0.1) is 0 Å². The lowest BCUT2D eigenvalue weighted by Crippen LogP contribution is -2.53. The molecule has 5 rings (SSSR count). The van der Waals surface area contributed by atoms with Crippen molar-refractivity contribution in [1.82, 2.24) is 20.0 Å². The largest absolute Gasteiger partial charge is 0.336 e. The molecule has 31 heavy (non-hydrogen) atoms. The van der Waals surface area contributed by atoms with E-state index in [1.165, 1.54) is 0 Å². The highest BCUT2D eigenvalue weighted by molar-refractivity contribution is 6.22. The minimum absolute atomic E-state index is 0.140. The average molecular weight is 416 g/mol. The zero-order valence-electron chi connectivity index (χ0n) is 16.6. The Kier molecular flexibility index (Phi) is 4.54. The molecule has 0 bridgehead atoms. The van der Waals surface area contributed by atoms with Gasteiger partial charge in [-0.3, -0.25) is 29.2 Å². The number of benzene rings is 2. The molecule has 8 heteroatoms. The summed E-state index contributed by atoms with van der Waals surface area (Å²) in [7, 11) is 0. The van der Waals surface area contributed by atoms with E-state index >= 15 is 0 Å². The molecule has 156 valence electrons. The van der Waals surface area contributed by atoms with Crippen LogP contribution in [0.3, 0.4) is 0 Å². The van der Waals surface area contributed by atoms with Gasteiger partial charge in [-0.2, -0.15) is 0 Å². The Labute approximate surface area is 177 Å². The third-order valence-corrected chi connectivity index (χ3v) is 5.95. The predicted molar refractivity (Wildman–Crippen MR) is 111 cm³/mol. The molecule has 2 aliphatic rings. The maximum atomic E-state index is 13.6. The number of imide groups is 1. The van der Waals surface area contributed by atoms with Crippen LogP contribution in [0.5, 0.6) is 0 Å². The molecule has 2 aliphatic heterocycles. The molecule has 1 unspecified atom stereocenters. The molecule has 0 saturated heterocycles. The molecule has 0 saturated carbocycles. The quantitative estimate of drug-likeness (QED) is 0.629. The molecule has 3 aromatic rings. The average Bonchev–Trinajstić information content (AvgIpc) is 3.29. The van der Waals surface area contributed by atoms with E-state index < -0.39 is 17.9 Å². The number of carbonyl (C=O) groups excluding carboxylic acids is 3. The first-order valence-electron chi connectivity index (χ1n) is 10.1. The Morgan fingerprint density at radius 2 is 1.55 bits per heavy atom. The first-order valence-corrected chi connectivity index (χ1v) is 10.1. The Hall–Kier alpha value is -3.94. The van der Waals surface area contributed by atoms with Crippen LogP contribution in [0.1, 0.15) is 37.5 Å². The molecule has 3 amide bonds. The lowest BCUT2D eigenvalue weighted by atomic mass is 10.0. The molecule has 2 aromatic carbocycles. The molecule has 0 aliphatic carbocycles. The van der Waals surface area contributed by atoms with E-state index in [9.17, 15) is 19.2 Å². The number of hydrogen-bond donors (Lipinski definition) is 2. The lowest BCUT2D eigenvalue weighted by Gasteiger charge is -2.33. The number of amides is 3. The summed E-state index contributed by atoms with van der Waals surface area (Å²) in [5, 5.41) is 5.39. The van der Waals surface area contributed by atoms with Crippen LogP contribution in [0.2, 0.25) is 0 Å². The Morgan fingerprint density at radius 1 is 0.903 bits per heavy atom. The topological polar surface area (TPSA) is 106 Å². The van der Waals surface area contributed by atoms with Crippen LogP contribution in [-0.4, -0.2) is 50.3 Å². The number of aromatic nitrogens is 2. The van der Waals surface area contributed by atoms with Crippen molar-refractivity contribution >= 4 is 17.7 Å². The standard InChI is InChI=1S/C23H20N4O4/c28-20-17-13-26(11-10-18(17)24-25-20)23(31)19(12-14-6-2-1-3-7-14)27-21(29)15-8-4-5-9-16(15)22(27)30/h1-9,19H,10-13H2,(H2,24,25,28). The molecule has 3 heterocycles. The van der Waals surface area contributed by atoms with Crippen LogP contribution in [0.25, 0.3) is 0 Å². The van der Waals surface area contributed by atoms with Crippen LogP contribution < -0.4 is 5.56 Å². The van der Waals surface area contributed by atoms with Gasteiger partial charge in [-0.25, -0.2) is 0 Å². The first kappa shape index (κ1) is 19.0. The summed E-state index contributed by atoms with van der Waals surface area (Å²) in [6.45, 7) is 0.537. The summed E-state index contributed by atoms with van der Waals surface area (Å²) in [4.78, 5) is 54.6. The van der Waals surface area contributed by atoms with Crippen LogP contribution >= 0.6 is 0 Å². The minimum Gasteiger partial charge on any atom is -0.336 e. The van der Waals surface area contributed by atoms with E-state index in [2.05, 4.69) is 10.2 Å². The fourth-order valence-electron chi connectivity index (χ4n) is 4.33. The maximum absolute atomic E-state index is 13.6. The Morgan fingerprint density at radius 3 is 2.23 bits per heavy atom. The Bertz CT molecular complexity index is 1210. The molecule has 0 fully saturated rings. The van der Waals surface area contributed by atoms with Gasteiger partial charge in [-0.1, -0.05) is 42.5 Å². The fourth-order valence-corrected chi connectivity index (χ4v) is 4.33. The molecule has 0 radical (unpaired) electrons. The number of carbonyl (C=O) groups is 3. The second kappa shape index (κ2) is 7.39. The summed E-state index contributed by atoms with van der Waals surface area (Å²) in [5.74, 6) is -1.27. The number of fused-ring (bicyclic) bond motifs is 2. The van der Waals surface area contributed by atoms with Crippen LogP contribution in [-0.2, 0) is 24.2 Å². The monoisotopic (exact) mass is 416 g/mol. The van der Waals surface area contributed by atoms with Crippen molar-refractivity contribution in [2.24, 2.45) is 0 Å². The zero-order chi connectivity index (χ0) is 21.5. The van der Waals surface area contributed by atoms with E-state index in [4.69, 9.17) is 0 Å². The Balaban J connectivity index is 1.50. The minimum atomic E-state index is -0.991. The van der Waals surface area contributed by atoms with Crippen LogP contribution in [0.4, 0.5) is 0 Å². The van der Waals surface area contributed by atoms with Gasteiger partial charge in [-0.05, 0) is 17.7 Å². The fraction of sp³-hybridized carbons (Fsp3) is 0.217. The van der Waals surface area contributed by atoms with Gasteiger partial charge in [0.15, 0.2) is 0 Å². The number of hydrogen-bond acceptors (Lipinski definition) is 4. The molecular weight excluding hydrogens is 396 g/mol. The number of nitrogens with one attached hydrogen (secondary N) is 2. The second-order valence-electron chi connectivity index (χ2n) is 7.78. The summed E-state index contributed by atoms with van der Waals surface area (Å²) < 4.78 is 0. The number of aromatic amines is 2. The van der Waals surface area contributed by atoms with Gasteiger partial charge in [0.05, 0.1) is 23.2 Å². The molecule has 0 spiro atoms. The number of nitrogens with zero attached hydrogens (tertiary/aromatic N) is 2. The van der Waals surface area contributed by atoms with E-state index in [-0.39, 0.29) is 24.4 Å². The highest BCUT2D eigenvalue weighted by atomic mass is 16.2. The highest BCUT2D eigenvalue weighted by Crippen LogP contribution is 2.27. The second-order valence-corrected chi connectivity index (χ2v) is 7.78. The van der Waals surface area contributed by atoms with E-state index in [1.807, 2.05) is 30.3 Å². The number of H-pyrrole nitrogens is 2. The lowest BCUT2D eigenvalue weighted by molar-refractivity contribution is -0.136. The van der Waals surface area contributed by atoms with Gasteiger partial charge in [0.25, 0.3) is 17.4 Å². The van der Waals surface area contributed by atoms with E-state index in [0.717, 1.165) is 16.2 Å². The van der Waals surface area contributed by atoms with Gasteiger partial charge >= 0.3 is 0 Å². The van der Waals surface area contributed by atoms with Gasteiger partial charge in [0, 0.05) is 25.1 Å². The third kappa shape index (κ3) is 3.16. The van der Waals surface area contributed by atoms with E-state index in [1.54, 1.807) is 29.2 Å². The van der Waals surface area contributed by atoms with Crippen LogP contribution in [0, 0.1) is 0 Å². The maximum Gasteiger partial charge on any atom is 0.269 e. The molecule has 1 aromatic heterocycles. The molecule has 8 nitrogen and oxygen atoms in total. The normalized spacial score (nSPS) is 16.3. The summed E-state index contributed by atoms with van der Waals surface area (Å²) in [5.41, 5.74) is 2.50. The van der Waals surface area contributed by atoms with Crippen LogP contribution in [0.15, 0.2) is 59.4 Å². The summed E-state index contributed by atoms with van der Waals surface area (Å²) in [6, 6.07) is 14.9. The summed E-state index contributed by atoms with van der Waals surface area (Å²) in [6.07, 6.45) is 0.706. The van der Waals surface area contributed by atoms with Gasteiger partial charge in [0.2, 0.25) is 5.91 Å². The smallest absolute Gasteiger partial charge is 0.269 e. The molecular formula is C23H20N4O4. The van der Waals surface area contributed by atoms with Crippen molar-refractivity contribution in [1.29, 1.82) is 0 Å². The van der Waals surface area contributed by atoms with Crippen molar-refractivity contribution in [2.75, 3.05) is 6.54 Å². The molecule has 1 atom stereocenters. The summed E-state index contributed by atoms with van der Waals surface area (Å²) >= 11 is 0. The number of rotatable bonds is 4. The van der Waals surface area contributed by atoms with Crippen molar-refractivity contribution in [3.63, 3.8) is 0 Å². The van der Waals surface area contributed by atoms with Crippen molar-refractivity contribution in [2.45, 2.75) is 25.4 Å². The zero-order valence-corrected chi connectivity index (χ0v) is 16.6. The van der Waals surface area contributed by atoms with Gasteiger partial charge < -0.3 is 10.00 Å². The SMILES string of the molecule is O=C(C(Cc1ccccc1)N1C(=O)c2ccccc2C1=O)N1CCc2[nH][nH]c(=O)c2C1. The van der Waals surface area contributed by atoms with Gasteiger partial charge in [0.1, 0.15) is 6.04 Å². The van der Waals surface area contributed by atoms with Crippen molar-refractivity contribution in [3.8, 4) is 0 Å². The third-order valence-electron chi connectivity index (χ3n) is 5.95. The molecule has 2 N–H and O–H groups in total. The predicted octanol–water partition coefficient (Wildman–Crippen LogP) is 1.50. The highest BCUT2D eigenvalue weighted by Gasteiger charge is 2.44.